The first-order chi connectivity index (χ1) is 11.6. The van der Waals surface area contributed by atoms with Crippen molar-refractivity contribution in [3.63, 3.8) is 0 Å². The fourth-order valence-corrected chi connectivity index (χ4v) is 2.56. The number of nitrogens with one attached hydrogen (secondary N) is 1. The topological polar surface area (TPSA) is 24.9 Å². The lowest BCUT2D eigenvalue weighted by atomic mass is 10.0. The first-order valence-electron chi connectivity index (χ1n) is 7.79. The third kappa shape index (κ3) is 3.66. The van der Waals surface area contributed by atoms with Crippen LogP contribution >= 0.6 is 0 Å². The highest BCUT2D eigenvalue weighted by Crippen LogP contribution is 2.20. The molecule has 0 atom stereocenters. The van der Waals surface area contributed by atoms with E-state index in [1.807, 2.05) is 43.5 Å². The molecule has 3 rings (SSSR count). The van der Waals surface area contributed by atoms with E-state index in [4.69, 9.17) is 0 Å². The van der Waals surface area contributed by atoms with Crippen molar-refractivity contribution in [3.05, 3.63) is 89.2 Å². The van der Waals surface area contributed by atoms with E-state index in [0.29, 0.717) is 12.1 Å². The average molecular weight is 324 g/mol. The molecular weight excluding hydrogens is 306 g/mol. The molecule has 0 spiro atoms. The van der Waals surface area contributed by atoms with Crippen molar-refractivity contribution in [2.45, 2.75) is 20.0 Å². The average Bonchev–Trinajstić information content (AvgIpc) is 2.61. The van der Waals surface area contributed by atoms with Crippen LogP contribution in [0.5, 0.6) is 0 Å². The Bertz CT molecular complexity index is 832. The fraction of sp³-hybridized carbons (Fsp3) is 0.150. The standard InChI is InChI=1S/C20H18F2N2/c1-14-17(10-18(13-24-14)15-6-3-2-4-7-15)12-23-11-16-8-5-9-19(21)20(16)22/h2-10,13,23H,11-12H2,1H3. The number of rotatable bonds is 5. The highest BCUT2D eigenvalue weighted by molar-refractivity contribution is 5.63. The van der Waals surface area contributed by atoms with Crippen LogP contribution in [0, 0.1) is 18.6 Å². The molecule has 2 nitrogen and oxygen atoms in total. The molecule has 0 radical (unpaired) electrons. The summed E-state index contributed by atoms with van der Waals surface area (Å²) in [4.78, 5) is 4.44. The van der Waals surface area contributed by atoms with E-state index in [-0.39, 0.29) is 6.54 Å². The summed E-state index contributed by atoms with van der Waals surface area (Å²) in [5.74, 6) is -1.61. The van der Waals surface area contributed by atoms with E-state index in [0.717, 1.165) is 28.5 Å². The van der Waals surface area contributed by atoms with Crippen molar-refractivity contribution in [1.29, 1.82) is 0 Å². The summed E-state index contributed by atoms with van der Waals surface area (Å²) in [6.45, 7) is 2.74. The molecule has 0 unspecified atom stereocenters. The van der Waals surface area contributed by atoms with E-state index in [1.54, 1.807) is 6.07 Å². The van der Waals surface area contributed by atoms with Crippen molar-refractivity contribution in [1.82, 2.24) is 10.3 Å². The van der Waals surface area contributed by atoms with Crippen LogP contribution in [-0.2, 0) is 13.1 Å². The smallest absolute Gasteiger partial charge is 0.163 e. The molecule has 1 aromatic heterocycles. The number of benzene rings is 2. The Morgan fingerprint density at radius 2 is 1.62 bits per heavy atom. The summed E-state index contributed by atoms with van der Waals surface area (Å²) < 4.78 is 26.9. The van der Waals surface area contributed by atoms with Crippen molar-refractivity contribution < 1.29 is 8.78 Å². The fourth-order valence-electron chi connectivity index (χ4n) is 2.56. The SMILES string of the molecule is Cc1ncc(-c2ccccc2)cc1CNCc1cccc(F)c1F. The third-order valence-corrected chi connectivity index (χ3v) is 3.96. The Morgan fingerprint density at radius 1 is 0.875 bits per heavy atom. The molecule has 3 aromatic rings. The number of aromatic nitrogens is 1. The summed E-state index contributed by atoms with van der Waals surface area (Å²) in [6, 6.07) is 16.3. The van der Waals surface area contributed by atoms with Gasteiger partial charge in [0.2, 0.25) is 0 Å². The molecule has 0 aliphatic carbocycles. The molecule has 1 heterocycles. The van der Waals surface area contributed by atoms with Crippen LogP contribution in [-0.4, -0.2) is 4.98 Å². The predicted molar refractivity (Wildman–Crippen MR) is 91.3 cm³/mol. The monoisotopic (exact) mass is 324 g/mol. The number of pyridine rings is 1. The van der Waals surface area contributed by atoms with Gasteiger partial charge in [0.1, 0.15) is 0 Å². The van der Waals surface area contributed by atoms with Gasteiger partial charge in [-0.25, -0.2) is 8.78 Å². The van der Waals surface area contributed by atoms with E-state index in [1.165, 1.54) is 6.07 Å². The van der Waals surface area contributed by atoms with Crippen LogP contribution in [0.4, 0.5) is 8.78 Å². The Balaban J connectivity index is 1.72. The van der Waals surface area contributed by atoms with Gasteiger partial charge in [-0.15, -0.1) is 0 Å². The second-order valence-corrected chi connectivity index (χ2v) is 5.65. The first kappa shape index (κ1) is 16.3. The Kier molecular flexibility index (Phi) is 4.96. The van der Waals surface area contributed by atoms with Crippen LogP contribution in [0.1, 0.15) is 16.8 Å². The maximum absolute atomic E-state index is 13.7. The normalized spacial score (nSPS) is 10.8. The summed E-state index contributed by atoms with van der Waals surface area (Å²) in [5, 5.41) is 3.16. The maximum atomic E-state index is 13.7. The van der Waals surface area contributed by atoms with Gasteiger partial charge in [0.15, 0.2) is 11.6 Å². The molecule has 0 fully saturated rings. The molecule has 0 aliphatic rings. The van der Waals surface area contributed by atoms with E-state index in [9.17, 15) is 8.78 Å². The van der Waals surface area contributed by atoms with Gasteiger partial charge in [-0.1, -0.05) is 42.5 Å². The minimum atomic E-state index is -0.821. The minimum Gasteiger partial charge on any atom is -0.308 e. The minimum absolute atomic E-state index is 0.262. The molecular formula is C20H18F2N2. The number of nitrogens with zero attached hydrogens (tertiary/aromatic N) is 1. The molecule has 0 bridgehead atoms. The number of halogens is 2. The molecule has 0 saturated heterocycles. The lowest BCUT2D eigenvalue weighted by Crippen LogP contribution is -2.15. The Hall–Kier alpha value is -2.59. The maximum Gasteiger partial charge on any atom is 0.163 e. The highest BCUT2D eigenvalue weighted by atomic mass is 19.2. The van der Waals surface area contributed by atoms with Gasteiger partial charge in [-0.2, -0.15) is 0 Å². The number of aryl methyl sites for hydroxylation is 1. The highest BCUT2D eigenvalue weighted by Gasteiger charge is 2.08. The van der Waals surface area contributed by atoms with Gasteiger partial charge < -0.3 is 5.32 Å². The summed E-state index contributed by atoms with van der Waals surface area (Å²) in [7, 11) is 0. The molecule has 4 heteroatoms. The summed E-state index contributed by atoms with van der Waals surface area (Å²) in [6.07, 6.45) is 1.85. The van der Waals surface area contributed by atoms with Crippen molar-refractivity contribution >= 4 is 0 Å². The summed E-state index contributed by atoms with van der Waals surface area (Å²) >= 11 is 0. The Labute approximate surface area is 140 Å². The lowest BCUT2D eigenvalue weighted by molar-refractivity contribution is 0.492. The first-order valence-corrected chi connectivity index (χ1v) is 7.79. The molecule has 24 heavy (non-hydrogen) atoms. The van der Waals surface area contributed by atoms with E-state index >= 15 is 0 Å². The van der Waals surface area contributed by atoms with Gasteiger partial charge in [-0.05, 0) is 30.2 Å². The van der Waals surface area contributed by atoms with E-state index < -0.39 is 11.6 Å². The van der Waals surface area contributed by atoms with Crippen molar-refractivity contribution in [2.24, 2.45) is 0 Å². The predicted octanol–water partition coefficient (Wildman–Crippen LogP) is 4.63. The molecule has 0 saturated carbocycles. The Morgan fingerprint density at radius 3 is 2.42 bits per heavy atom. The molecule has 122 valence electrons. The van der Waals surface area contributed by atoms with Crippen LogP contribution in [0.2, 0.25) is 0 Å². The van der Waals surface area contributed by atoms with Crippen LogP contribution in [0.3, 0.4) is 0 Å². The van der Waals surface area contributed by atoms with Crippen LogP contribution in [0.15, 0.2) is 60.8 Å². The van der Waals surface area contributed by atoms with Gasteiger partial charge in [-0.3, -0.25) is 4.98 Å². The molecule has 2 aromatic carbocycles. The quantitative estimate of drug-likeness (QED) is 0.740. The van der Waals surface area contributed by atoms with Crippen LogP contribution in [0.25, 0.3) is 11.1 Å². The van der Waals surface area contributed by atoms with Gasteiger partial charge in [0, 0.05) is 36.1 Å². The molecule has 0 amide bonds. The number of hydrogen-bond donors (Lipinski definition) is 1. The van der Waals surface area contributed by atoms with Gasteiger partial charge >= 0.3 is 0 Å². The van der Waals surface area contributed by atoms with Crippen molar-refractivity contribution in [3.8, 4) is 11.1 Å². The largest absolute Gasteiger partial charge is 0.308 e. The van der Waals surface area contributed by atoms with Crippen molar-refractivity contribution in [2.75, 3.05) is 0 Å². The second-order valence-electron chi connectivity index (χ2n) is 5.65. The zero-order valence-corrected chi connectivity index (χ0v) is 13.4. The van der Waals surface area contributed by atoms with Crippen LogP contribution < -0.4 is 5.32 Å². The zero-order valence-electron chi connectivity index (χ0n) is 13.4. The van der Waals surface area contributed by atoms with Gasteiger partial charge in [0.25, 0.3) is 0 Å². The number of hydrogen-bond acceptors (Lipinski definition) is 2. The molecule has 0 aliphatic heterocycles. The third-order valence-electron chi connectivity index (χ3n) is 3.96. The lowest BCUT2D eigenvalue weighted by Gasteiger charge is -2.10. The zero-order chi connectivity index (χ0) is 16.9. The van der Waals surface area contributed by atoms with Gasteiger partial charge in [0.05, 0.1) is 0 Å². The summed E-state index contributed by atoms with van der Waals surface area (Å²) in [5.41, 5.74) is 4.41. The van der Waals surface area contributed by atoms with E-state index in [2.05, 4.69) is 16.4 Å². The molecule has 1 N–H and O–H groups in total. The second kappa shape index (κ2) is 7.32.